The average molecular weight is 327 g/mol. The van der Waals surface area contributed by atoms with Crippen LogP contribution in [0.2, 0.25) is 0 Å². The van der Waals surface area contributed by atoms with Gasteiger partial charge in [-0.15, -0.1) is 11.3 Å². The highest BCUT2D eigenvalue weighted by molar-refractivity contribution is 7.12. The lowest BCUT2D eigenvalue weighted by Crippen LogP contribution is -2.35. The summed E-state index contributed by atoms with van der Waals surface area (Å²) in [5.74, 6) is 1.33. The molecule has 23 heavy (non-hydrogen) atoms. The van der Waals surface area contributed by atoms with Crippen LogP contribution in [-0.2, 0) is 19.6 Å². The summed E-state index contributed by atoms with van der Waals surface area (Å²) in [6, 6.07) is 5.72. The summed E-state index contributed by atoms with van der Waals surface area (Å²) >= 11 is 1.49. The number of aromatic nitrogens is 4. The fourth-order valence-corrected chi connectivity index (χ4v) is 3.73. The number of amides is 1. The predicted octanol–water partition coefficient (Wildman–Crippen LogP) is 2.11. The van der Waals surface area contributed by atoms with E-state index < -0.39 is 0 Å². The molecule has 0 radical (unpaired) electrons. The minimum atomic E-state index is 0.0851. The predicted molar refractivity (Wildman–Crippen MR) is 87.0 cm³/mol. The lowest BCUT2D eigenvalue weighted by Gasteiger charge is -2.23. The van der Waals surface area contributed by atoms with Gasteiger partial charge in [-0.2, -0.15) is 5.10 Å². The summed E-state index contributed by atoms with van der Waals surface area (Å²) in [6.45, 7) is 2.90. The maximum atomic E-state index is 12.8. The smallest absolute Gasteiger partial charge is 0.264 e. The van der Waals surface area contributed by atoms with Crippen molar-refractivity contribution >= 4 is 17.2 Å². The molecule has 0 saturated carbocycles. The minimum absolute atomic E-state index is 0.0851. The zero-order valence-electron chi connectivity index (χ0n) is 12.6. The number of hydrogen-bond donors (Lipinski definition) is 0. The topological polar surface area (TPSA) is 56.0 Å². The molecule has 0 N–H and O–H groups in total. The Hall–Kier alpha value is -2.41. The molecule has 6 nitrogen and oxygen atoms in total. The Morgan fingerprint density at radius 1 is 1.26 bits per heavy atom. The van der Waals surface area contributed by atoms with Crippen molar-refractivity contribution in [2.45, 2.75) is 19.6 Å². The number of carbonyl (C=O) groups is 1. The molecule has 118 valence electrons. The Morgan fingerprint density at radius 3 is 3.00 bits per heavy atom. The minimum Gasteiger partial charge on any atom is -0.333 e. The molecule has 1 amide bonds. The number of thiophene rings is 1. The highest BCUT2D eigenvalue weighted by Crippen LogP contribution is 2.20. The van der Waals surface area contributed by atoms with E-state index in [9.17, 15) is 4.79 Å². The second kappa shape index (κ2) is 6.00. The average Bonchev–Trinajstić information content (AvgIpc) is 3.28. The molecule has 0 spiro atoms. The molecule has 0 saturated heterocycles. The number of rotatable bonds is 3. The molecule has 0 unspecified atom stereocenters. The summed E-state index contributed by atoms with van der Waals surface area (Å²) in [4.78, 5) is 19.9. The van der Waals surface area contributed by atoms with E-state index in [0.717, 1.165) is 23.8 Å². The molecule has 0 aromatic carbocycles. The van der Waals surface area contributed by atoms with Crippen LogP contribution in [0.15, 0.2) is 48.4 Å². The molecule has 3 aromatic heterocycles. The van der Waals surface area contributed by atoms with E-state index in [1.165, 1.54) is 11.3 Å². The summed E-state index contributed by atoms with van der Waals surface area (Å²) in [7, 11) is 0. The second-order valence-electron chi connectivity index (χ2n) is 5.75. The number of imidazole rings is 1. The second-order valence-corrected chi connectivity index (χ2v) is 6.70. The van der Waals surface area contributed by atoms with Gasteiger partial charge in [-0.1, -0.05) is 6.07 Å². The van der Waals surface area contributed by atoms with E-state index in [1.54, 1.807) is 12.4 Å². The molecule has 0 bridgehead atoms. The van der Waals surface area contributed by atoms with E-state index in [4.69, 9.17) is 0 Å². The zero-order valence-corrected chi connectivity index (χ0v) is 13.4. The van der Waals surface area contributed by atoms with E-state index in [2.05, 4.69) is 14.6 Å². The van der Waals surface area contributed by atoms with Crippen molar-refractivity contribution < 1.29 is 4.79 Å². The van der Waals surface area contributed by atoms with Crippen LogP contribution in [0.5, 0.6) is 0 Å². The highest BCUT2D eigenvalue weighted by Gasteiger charge is 2.27. The molecule has 1 aliphatic heterocycles. The lowest BCUT2D eigenvalue weighted by atomic mass is 10.1. The lowest BCUT2D eigenvalue weighted by molar-refractivity contribution is 0.0717. The van der Waals surface area contributed by atoms with Crippen LogP contribution in [-0.4, -0.2) is 36.7 Å². The van der Waals surface area contributed by atoms with Crippen LogP contribution >= 0.6 is 11.3 Å². The van der Waals surface area contributed by atoms with Gasteiger partial charge in [0.05, 0.1) is 11.4 Å². The Labute approximate surface area is 138 Å². The summed E-state index contributed by atoms with van der Waals surface area (Å²) < 4.78 is 4.08. The van der Waals surface area contributed by atoms with Crippen LogP contribution in [0.1, 0.15) is 15.5 Å². The van der Waals surface area contributed by atoms with E-state index in [0.29, 0.717) is 19.0 Å². The Balaban J connectivity index is 1.60. The van der Waals surface area contributed by atoms with Gasteiger partial charge in [0.2, 0.25) is 0 Å². The molecule has 7 heteroatoms. The number of carbonyl (C=O) groups excluding carboxylic acids is 1. The third kappa shape index (κ3) is 2.92. The van der Waals surface area contributed by atoms with Gasteiger partial charge in [0.1, 0.15) is 5.82 Å². The molecule has 3 aromatic rings. The summed E-state index contributed by atoms with van der Waals surface area (Å²) in [6.07, 6.45) is 7.54. The SMILES string of the molecule is O=C(c1cccs1)N1Cc2nccn2C[C@H](Cn2cccn2)C1. The summed E-state index contributed by atoms with van der Waals surface area (Å²) in [5.41, 5.74) is 0. The molecular weight excluding hydrogens is 310 g/mol. The first-order valence-corrected chi connectivity index (χ1v) is 8.48. The van der Waals surface area contributed by atoms with Gasteiger partial charge in [0, 0.05) is 50.3 Å². The van der Waals surface area contributed by atoms with Gasteiger partial charge < -0.3 is 9.47 Å². The monoisotopic (exact) mass is 327 g/mol. The first-order chi connectivity index (χ1) is 11.3. The first kappa shape index (κ1) is 14.2. The van der Waals surface area contributed by atoms with Gasteiger partial charge in [0.15, 0.2) is 0 Å². The molecule has 0 fully saturated rings. The number of fused-ring (bicyclic) bond motifs is 1. The van der Waals surface area contributed by atoms with Crippen LogP contribution in [0, 0.1) is 5.92 Å². The van der Waals surface area contributed by atoms with Gasteiger partial charge in [0.25, 0.3) is 5.91 Å². The van der Waals surface area contributed by atoms with E-state index in [1.807, 2.05) is 45.6 Å². The van der Waals surface area contributed by atoms with Gasteiger partial charge in [-0.25, -0.2) is 4.98 Å². The first-order valence-electron chi connectivity index (χ1n) is 7.60. The Bertz CT molecular complexity index is 777. The van der Waals surface area contributed by atoms with Crippen LogP contribution < -0.4 is 0 Å². The highest BCUT2D eigenvalue weighted by atomic mass is 32.1. The van der Waals surface area contributed by atoms with E-state index >= 15 is 0 Å². The largest absolute Gasteiger partial charge is 0.333 e. The number of hydrogen-bond acceptors (Lipinski definition) is 4. The molecule has 4 rings (SSSR count). The van der Waals surface area contributed by atoms with Crippen LogP contribution in [0.25, 0.3) is 0 Å². The third-order valence-corrected chi connectivity index (χ3v) is 4.95. The molecule has 4 heterocycles. The zero-order chi connectivity index (χ0) is 15.6. The Morgan fingerprint density at radius 2 is 2.22 bits per heavy atom. The van der Waals surface area contributed by atoms with Crippen molar-refractivity contribution in [1.29, 1.82) is 0 Å². The van der Waals surface area contributed by atoms with Gasteiger partial charge in [-0.05, 0) is 17.5 Å². The normalized spacial score (nSPS) is 17.7. The molecule has 1 aliphatic rings. The van der Waals surface area contributed by atoms with Crippen molar-refractivity contribution in [3.63, 3.8) is 0 Å². The molecule has 0 aliphatic carbocycles. The maximum Gasteiger partial charge on any atom is 0.264 e. The fourth-order valence-electron chi connectivity index (χ4n) is 3.04. The third-order valence-electron chi connectivity index (χ3n) is 4.09. The van der Waals surface area contributed by atoms with Crippen molar-refractivity contribution in [2.24, 2.45) is 5.92 Å². The van der Waals surface area contributed by atoms with Crippen LogP contribution in [0.3, 0.4) is 0 Å². The fraction of sp³-hybridized carbons (Fsp3) is 0.312. The van der Waals surface area contributed by atoms with Crippen LogP contribution in [0.4, 0.5) is 0 Å². The maximum absolute atomic E-state index is 12.8. The molecule has 1 atom stereocenters. The quantitative estimate of drug-likeness (QED) is 0.740. The van der Waals surface area contributed by atoms with Crippen molar-refractivity contribution in [1.82, 2.24) is 24.2 Å². The van der Waals surface area contributed by atoms with Gasteiger partial charge in [-0.3, -0.25) is 9.48 Å². The summed E-state index contributed by atoms with van der Waals surface area (Å²) in [5, 5.41) is 6.23. The van der Waals surface area contributed by atoms with Crippen molar-refractivity contribution in [2.75, 3.05) is 6.54 Å². The van der Waals surface area contributed by atoms with Crippen molar-refractivity contribution in [3.8, 4) is 0 Å². The van der Waals surface area contributed by atoms with E-state index in [-0.39, 0.29) is 5.91 Å². The Kier molecular flexibility index (Phi) is 3.70. The van der Waals surface area contributed by atoms with Crippen molar-refractivity contribution in [3.05, 3.63) is 59.1 Å². The standard InChI is InChI=1S/C16H17N5OS/c22-16(14-3-1-8-23-14)20-10-13(11-21-6-2-4-18-21)9-19-7-5-17-15(19)12-20/h1-8,13H,9-12H2/t13-/m0/s1. The van der Waals surface area contributed by atoms with Gasteiger partial charge >= 0.3 is 0 Å². The molecular formula is C16H17N5OS. The number of nitrogens with zero attached hydrogens (tertiary/aromatic N) is 5.